The summed E-state index contributed by atoms with van der Waals surface area (Å²) in [4.78, 5) is 2.43. The summed E-state index contributed by atoms with van der Waals surface area (Å²) in [6, 6.07) is 80.0. The lowest BCUT2D eigenvalue weighted by Gasteiger charge is -2.42. The highest BCUT2D eigenvalue weighted by Crippen LogP contribution is 2.52. The summed E-state index contributed by atoms with van der Waals surface area (Å²) in [7, 11) is 2.25. The molecule has 0 spiro atoms. The lowest BCUT2D eigenvalue weighted by atomic mass is 9.68. The van der Waals surface area contributed by atoms with Gasteiger partial charge in [-0.1, -0.05) is 235 Å². The van der Waals surface area contributed by atoms with Crippen LogP contribution in [0.4, 0.5) is 11.4 Å². The van der Waals surface area contributed by atoms with Crippen LogP contribution in [0.5, 0.6) is 0 Å². The molecule has 1 aliphatic heterocycles. The number of hydrogen-bond donors (Lipinski definition) is 0. The Bertz CT molecular complexity index is 3240. The fourth-order valence-electron chi connectivity index (χ4n) is 10.7. The van der Waals surface area contributed by atoms with Crippen molar-refractivity contribution in [2.75, 3.05) is 11.9 Å². The van der Waals surface area contributed by atoms with Crippen LogP contribution >= 0.6 is 0 Å². The van der Waals surface area contributed by atoms with Gasteiger partial charge in [-0.25, -0.2) is 0 Å². The predicted molar refractivity (Wildman–Crippen MR) is 296 cm³/mol. The first-order chi connectivity index (χ1) is 33.5. The van der Waals surface area contributed by atoms with Crippen LogP contribution < -0.4 is 4.90 Å². The van der Waals surface area contributed by atoms with Crippen LogP contribution in [-0.4, -0.2) is 7.05 Å². The van der Waals surface area contributed by atoms with E-state index in [0.717, 1.165) is 6.42 Å². The highest BCUT2D eigenvalue weighted by atomic mass is 15.1. The predicted octanol–water partition coefficient (Wildman–Crippen LogP) is 17.8. The van der Waals surface area contributed by atoms with Crippen molar-refractivity contribution in [3.05, 3.63) is 285 Å². The number of rotatable bonds is 11. The molecule has 69 heavy (non-hydrogen) atoms. The van der Waals surface area contributed by atoms with E-state index >= 15 is 0 Å². The maximum atomic E-state index is 2.53. The van der Waals surface area contributed by atoms with E-state index in [4.69, 9.17) is 0 Å². The van der Waals surface area contributed by atoms with Gasteiger partial charge in [-0.05, 0) is 144 Å². The molecule has 0 amide bonds. The zero-order valence-electron chi connectivity index (χ0n) is 41.1. The molecule has 0 fully saturated rings. The van der Waals surface area contributed by atoms with Crippen molar-refractivity contribution in [2.45, 2.75) is 58.8 Å². The molecule has 9 aromatic rings. The molecule has 0 bridgehead atoms. The Balaban J connectivity index is 0.945. The molecule has 0 saturated carbocycles. The van der Waals surface area contributed by atoms with E-state index in [0.29, 0.717) is 0 Å². The first kappa shape index (κ1) is 45.1. The minimum Gasteiger partial charge on any atom is -0.344 e. The van der Waals surface area contributed by atoms with E-state index in [-0.39, 0.29) is 10.8 Å². The van der Waals surface area contributed by atoms with Gasteiger partial charge in [0.1, 0.15) is 0 Å². The molecule has 0 N–H and O–H groups in total. The van der Waals surface area contributed by atoms with Gasteiger partial charge in [0.2, 0.25) is 0 Å². The molecule has 0 aliphatic carbocycles. The molecule has 9 aromatic carbocycles. The average Bonchev–Trinajstić information content (AvgIpc) is 3.40. The highest BCUT2D eigenvalue weighted by molar-refractivity contribution is 5.93. The second-order valence-electron chi connectivity index (χ2n) is 19.8. The molecular weight excluding hydrogens is 831 g/mol. The van der Waals surface area contributed by atoms with Crippen LogP contribution in [0.2, 0.25) is 0 Å². The molecule has 1 nitrogen and oxygen atoms in total. The molecule has 0 unspecified atom stereocenters. The number of benzene rings is 9. The Hall–Kier alpha value is -7.74. The molecule has 1 aliphatic rings. The van der Waals surface area contributed by atoms with Crippen molar-refractivity contribution in [1.29, 1.82) is 0 Å². The standard InChI is InChI=1S/C68H61N/c1-8-50-43-64-66(69(7)65-40-39-58(45-63(65)68(64,5)6)52-37-32-49(33-38-52)42-60(55-25-17-11-18-26-55)56-27-19-12-20-28-56)46-62(50)67(3,4)61-44-57(34-29-47(61)2)51-35-30-48(31-36-51)41-59(53-21-13-9-14-22-53)54-23-15-10-16-24-54/h9-46H,8H2,1-7H3. The molecule has 10 rings (SSSR count). The topological polar surface area (TPSA) is 3.24 Å². The Morgan fingerprint density at radius 1 is 0.449 bits per heavy atom. The third-order valence-corrected chi connectivity index (χ3v) is 14.7. The molecule has 0 saturated heterocycles. The zero-order valence-corrected chi connectivity index (χ0v) is 41.1. The Kier molecular flexibility index (Phi) is 12.2. The van der Waals surface area contributed by atoms with Crippen molar-refractivity contribution in [3.8, 4) is 22.3 Å². The maximum Gasteiger partial charge on any atom is 0.0452 e. The number of hydrogen-bond acceptors (Lipinski definition) is 1. The van der Waals surface area contributed by atoms with Crippen LogP contribution in [0.1, 0.15) is 101 Å². The van der Waals surface area contributed by atoms with E-state index < -0.39 is 0 Å². The van der Waals surface area contributed by atoms with Gasteiger partial charge in [0.25, 0.3) is 0 Å². The molecular formula is C68H61N. The first-order valence-corrected chi connectivity index (χ1v) is 24.5. The fourth-order valence-corrected chi connectivity index (χ4v) is 10.7. The van der Waals surface area contributed by atoms with Crippen LogP contribution in [-0.2, 0) is 17.3 Å². The normalized spacial score (nSPS) is 12.7. The summed E-state index contributed by atoms with van der Waals surface area (Å²) in [5.74, 6) is 0. The Morgan fingerprint density at radius 2 is 0.855 bits per heavy atom. The first-order valence-electron chi connectivity index (χ1n) is 24.5. The zero-order chi connectivity index (χ0) is 47.7. The van der Waals surface area contributed by atoms with Gasteiger partial charge in [-0.2, -0.15) is 0 Å². The number of anilines is 2. The third-order valence-electron chi connectivity index (χ3n) is 14.7. The second-order valence-corrected chi connectivity index (χ2v) is 19.8. The summed E-state index contributed by atoms with van der Waals surface area (Å²) in [5.41, 5.74) is 24.8. The molecule has 1 heterocycles. The van der Waals surface area contributed by atoms with Gasteiger partial charge < -0.3 is 4.90 Å². The summed E-state index contributed by atoms with van der Waals surface area (Å²) in [6.45, 7) is 14.2. The second kappa shape index (κ2) is 18.7. The van der Waals surface area contributed by atoms with Gasteiger partial charge in [-0.3, -0.25) is 0 Å². The van der Waals surface area contributed by atoms with E-state index in [1.165, 1.54) is 112 Å². The van der Waals surface area contributed by atoms with Gasteiger partial charge in [0.15, 0.2) is 0 Å². The molecule has 0 atom stereocenters. The average molecular weight is 892 g/mol. The van der Waals surface area contributed by atoms with E-state index in [1.54, 1.807) is 0 Å². The number of aryl methyl sites for hydroxylation is 2. The summed E-state index contributed by atoms with van der Waals surface area (Å²) < 4.78 is 0. The number of fused-ring (bicyclic) bond motifs is 2. The van der Waals surface area contributed by atoms with Crippen LogP contribution in [0.25, 0.3) is 45.6 Å². The monoisotopic (exact) mass is 891 g/mol. The van der Waals surface area contributed by atoms with Crippen molar-refractivity contribution in [2.24, 2.45) is 0 Å². The quantitative estimate of drug-likeness (QED) is 0.117. The Morgan fingerprint density at radius 3 is 1.30 bits per heavy atom. The van der Waals surface area contributed by atoms with E-state index in [9.17, 15) is 0 Å². The van der Waals surface area contributed by atoms with Gasteiger partial charge >= 0.3 is 0 Å². The van der Waals surface area contributed by atoms with E-state index in [1.807, 2.05) is 0 Å². The number of nitrogens with zero attached hydrogens (tertiary/aromatic N) is 1. The molecule has 1 heteroatoms. The molecule has 0 aromatic heterocycles. The molecule has 0 radical (unpaired) electrons. The van der Waals surface area contributed by atoms with Gasteiger partial charge in [0, 0.05) is 29.3 Å². The van der Waals surface area contributed by atoms with Gasteiger partial charge in [-0.15, -0.1) is 0 Å². The van der Waals surface area contributed by atoms with E-state index in [2.05, 4.69) is 284 Å². The largest absolute Gasteiger partial charge is 0.344 e. The lowest BCUT2D eigenvalue weighted by molar-refractivity contribution is 0.610. The lowest BCUT2D eigenvalue weighted by Crippen LogP contribution is -2.32. The summed E-state index contributed by atoms with van der Waals surface area (Å²) in [5, 5.41) is 0. The minimum absolute atomic E-state index is 0.205. The van der Waals surface area contributed by atoms with Crippen molar-refractivity contribution in [3.63, 3.8) is 0 Å². The Labute approximate surface area is 410 Å². The van der Waals surface area contributed by atoms with Crippen molar-refractivity contribution in [1.82, 2.24) is 0 Å². The summed E-state index contributed by atoms with van der Waals surface area (Å²) in [6.07, 6.45) is 5.57. The van der Waals surface area contributed by atoms with Crippen LogP contribution in [0.3, 0.4) is 0 Å². The minimum atomic E-state index is -0.247. The maximum absolute atomic E-state index is 2.53. The van der Waals surface area contributed by atoms with Crippen LogP contribution in [0, 0.1) is 6.92 Å². The SMILES string of the molecule is CCc1cc2c(cc1C(C)(C)c1cc(-c3ccc(C=C(c4ccccc4)c4ccccc4)cc3)ccc1C)N(C)c1ccc(-c3ccc(C=C(c4ccccc4)c4ccccc4)cc3)cc1C2(C)C. The molecule has 338 valence electrons. The summed E-state index contributed by atoms with van der Waals surface area (Å²) >= 11 is 0. The highest BCUT2D eigenvalue weighted by Gasteiger charge is 2.38. The third kappa shape index (κ3) is 8.82. The smallest absolute Gasteiger partial charge is 0.0452 e. The van der Waals surface area contributed by atoms with Crippen molar-refractivity contribution >= 4 is 34.7 Å². The fraction of sp³-hybridized carbons (Fsp3) is 0.147. The van der Waals surface area contributed by atoms with Crippen molar-refractivity contribution < 1.29 is 0 Å². The van der Waals surface area contributed by atoms with Crippen LogP contribution in [0.15, 0.2) is 218 Å². The van der Waals surface area contributed by atoms with Gasteiger partial charge in [0.05, 0.1) is 0 Å².